The van der Waals surface area contributed by atoms with Crippen molar-refractivity contribution in [3.63, 3.8) is 0 Å². The minimum atomic E-state index is -0.417. The summed E-state index contributed by atoms with van der Waals surface area (Å²) >= 11 is 0. The van der Waals surface area contributed by atoms with E-state index in [1.54, 1.807) is 0 Å². The summed E-state index contributed by atoms with van der Waals surface area (Å²) in [5.41, 5.74) is 5.22. The third kappa shape index (κ3) is 9.83. The molecule has 4 nitrogen and oxygen atoms in total. The minimum absolute atomic E-state index is 0. The van der Waals surface area contributed by atoms with Crippen molar-refractivity contribution in [1.82, 2.24) is 9.97 Å². The van der Waals surface area contributed by atoms with Crippen molar-refractivity contribution in [3.8, 4) is 11.3 Å². The van der Waals surface area contributed by atoms with Crippen LogP contribution in [0.1, 0.15) is 130 Å². The molecule has 1 N–H and O–H groups in total. The van der Waals surface area contributed by atoms with E-state index in [1.165, 1.54) is 60.1 Å². The quantitative estimate of drug-likeness (QED) is 0.0912. The Morgan fingerprint density at radius 3 is 2.15 bits per heavy atom. The van der Waals surface area contributed by atoms with Crippen molar-refractivity contribution >= 4 is 27.5 Å². The zero-order valence-corrected chi connectivity index (χ0v) is 32.6. The Bertz CT molecular complexity index is 1680. The number of hydrogen-bond donors (Lipinski definition) is 1. The summed E-state index contributed by atoms with van der Waals surface area (Å²) in [4.78, 5) is 21.7. The first kappa shape index (κ1) is 38.6. The van der Waals surface area contributed by atoms with E-state index in [2.05, 4.69) is 82.3 Å². The van der Waals surface area contributed by atoms with Gasteiger partial charge in [-0.2, -0.15) is 0 Å². The normalized spacial score (nSPS) is 14.7. The molecule has 0 saturated heterocycles. The fourth-order valence-corrected chi connectivity index (χ4v) is 5.96. The van der Waals surface area contributed by atoms with Gasteiger partial charge in [0.2, 0.25) is 0 Å². The maximum absolute atomic E-state index is 11.5. The standard InChI is InChI=1S/C31H35N2.C11H20O2.Ir/c1-20(2)19-26-12-8-11-24-17-18-27-29(32-31(21(3)4)33-30(27)28(24)26)25-15-13-23(14-16-25)22-9-6-5-7-10-22;1-10(2,3)8(12)7-9(13)11(4,5)6;/h8,11-15,17-18,20-22H,5-7,9-10,19H2,1-4H3;7,12H,1-6H3;/q-1;;/b;8-7-;. The number of aliphatic hydroxyl groups excluding tert-OH is 1. The Morgan fingerprint density at radius 1 is 0.915 bits per heavy atom. The van der Waals surface area contributed by atoms with Crippen LogP contribution in [0.25, 0.3) is 32.9 Å². The molecule has 0 bridgehead atoms. The van der Waals surface area contributed by atoms with Gasteiger partial charge in [0.1, 0.15) is 11.6 Å². The Kier molecular flexibility index (Phi) is 13.1. The number of aliphatic hydroxyl groups is 1. The van der Waals surface area contributed by atoms with Crippen LogP contribution in [-0.4, -0.2) is 20.9 Å². The molecule has 1 aromatic heterocycles. The summed E-state index contributed by atoms with van der Waals surface area (Å²) in [6.07, 6.45) is 9.10. The Morgan fingerprint density at radius 2 is 1.60 bits per heavy atom. The van der Waals surface area contributed by atoms with Crippen LogP contribution in [0.15, 0.2) is 60.4 Å². The van der Waals surface area contributed by atoms with Crippen LogP contribution in [0.5, 0.6) is 0 Å². The number of allylic oxidation sites excluding steroid dienone is 2. The van der Waals surface area contributed by atoms with Gasteiger partial charge in [-0.05, 0) is 34.4 Å². The van der Waals surface area contributed by atoms with E-state index in [9.17, 15) is 9.90 Å². The average molecular weight is 812 g/mol. The monoisotopic (exact) mass is 812 g/mol. The summed E-state index contributed by atoms with van der Waals surface area (Å²) in [5.74, 6) is 2.57. The molecule has 5 rings (SSSR count). The molecule has 1 aliphatic carbocycles. The van der Waals surface area contributed by atoms with Gasteiger partial charge in [0, 0.05) is 48.3 Å². The predicted molar refractivity (Wildman–Crippen MR) is 194 cm³/mol. The van der Waals surface area contributed by atoms with Crippen molar-refractivity contribution < 1.29 is 30.0 Å². The van der Waals surface area contributed by atoms with E-state index in [0.29, 0.717) is 11.8 Å². The molecule has 0 spiro atoms. The van der Waals surface area contributed by atoms with E-state index < -0.39 is 5.41 Å². The Balaban J connectivity index is 0.000000367. The van der Waals surface area contributed by atoms with Crippen LogP contribution < -0.4 is 0 Å². The first-order chi connectivity index (χ1) is 21.6. The topological polar surface area (TPSA) is 63.1 Å². The van der Waals surface area contributed by atoms with Gasteiger partial charge in [-0.1, -0.05) is 138 Å². The number of benzene rings is 3. The number of hydrogen-bond acceptors (Lipinski definition) is 4. The molecule has 0 atom stereocenters. The Hall–Kier alpha value is -2.88. The Labute approximate surface area is 297 Å². The number of ketones is 1. The van der Waals surface area contributed by atoms with E-state index >= 15 is 0 Å². The molecule has 1 aliphatic rings. The van der Waals surface area contributed by atoms with Gasteiger partial charge in [-0.3, -0.25) is 9.78 Å². The first-order valence-corrected chi connectivity index (χ1v) is 17.3. The van der Waals surface area contributed by atoms with E-state index in [4.69, 9.17) is 9.97 Å². The second-order valence-corrected chi connectivity index (χ2v) is 15.9. The van der Waals surface area contributed by atoms with Gasteiger partial charge in [0.25, 0.3) is 0 Å². The molecule has 255 valence electrons. The molecule has 0 aliphatic heterocycles. The number of rotatable bonds is 6. The van der Waals surface area contributed by atoms with Gasteiger partial charge in [0.05, 0.1) is 5.52 Å². The molecule has 1 saturated carbocycles. The summed E-state index contributed by atoms with van der Waals surface area (Å²) in [7, 11) is 0. The van der Waals surface area contributed by atoms with Crippen LogP contribution in [0.3, 0.4) is 0 Å². The average Bonchev–Trinajstić information content (AvgIpc) is 3.00. The van der Waals surface area contributed by atoms with Gasteiger partial charge in [-0.25, -0.2) is 4.98 Å². The molecule has 4 aromatic rings. The third-order valence-electron chi connectivity index (χ3n) is 8.90. The number of aromatic nitrogens is 2. The van der Waals surface area contributed by atoms with Crippen LogP contribution in [0, 0.1) is 22.8 Å². The smallest absolute Gasteiger partial charge is 0.164 e. The molecule has 1 heterocycles. The van der Waals surface area contributed by atoms with Crippen LogP contribution >= 0.6 is 0 Å². The van der Waals surface area contributed by atoms with Gasteiger partial charge in [-0.15, -0.1) is 35.4 Å². The maximum atomic E-state index is 11.5. The zero-order chi connectivity index (χ0) is 33.8. The molecular weight excluding hydrogens is 757 g/mol. The number of nitrogens with zero attached hydrogens (tertiary/aromatic N) is 2. The second kappa shape index (κ2) is 16.0. The van der Waals surface area contributed by atoms with E-state index in [-0.39, 0.29) is 43.0 Å². The molecule has 1 radical (unpaired) electrons. The van der Waals surface area contributed by atoms with Crippen molar-refractivity contribution in [2.75, 3.05) is 0 Å². The molecule has 1 fully saturated rings. The second-order valence-electron chi connectivity index (χ2n) is 15.9. The summed E-state index contributed by atoms with van der Waals surface area (Å²) in [6, 6.07) is 21.5. The number of carbonyl (C=O) groups excluding carboxylic acids is 1. The molecule has 0 amide bonds. The van der Waals surface area contributed by atoms with Crippen molar-refractivity contribution in [2.24, 2.45) is 16.7 Å². The first-order valence-electron chi connectivity index (χ1n) is 17.3. The van der Waals surface area contributed by atoms with Gasteiger partial charge >= 0.3 is 0 Å². The zero-order valence-electron chi connectivity index (χ0n) is 30.3. The molecule has 5 heteroatoms. The van der Waals surface area contributed by atoms with E-state index in [1.807, 2.05) is 41.5 Å². The number of carbonyl (C=O) groups is 1. The molecule has 0 unspecified atom stereocenters. The van der Waals surface area contributed by atoms with Crippen molar-refractivity contribution in [2.45, 2.75) is 120 Å². The van der Waals surface area contributed by atoms with Gasteiger partial charge in [0.15, 0.2) is 5.78 Å². The SMILES string of the molecule is CC(C)(C)C(=O)/C=C(\O)C(C)(C)C.CC(C)Cc1cccc2ccc3c(-c4[c-]cc(C5CCCCC5)cc4)nc(C(C)C)nc3c12.[Ir]. The molecule has 47 heavy (non-hydrogen) atoms. The van der Waals surface area contributed by atoms with Crippen molar-refractivity contribution in [1.29, 1.82) is 0 Å². The van der Waals surface area contributed by atoms with Crippen LogP contribution in [0.4, 0.5) is 0 Å². The largest absolute Gasteiger partial charge is 0.512 e. The summed E-state index contributed by atoms with van der Waals surface area (Å²) in [5, 5.41) is 13.2. The third-order valence-corrected chi connectivity index (χ3v) is 8.90. The summed E-state index contributed by atoms with van der Waals surface area (Å²) in [6.45, 7) is 20.0. The molecule has 3 aromatic carbocycles. The maximum Gasteiger partial charge on any atom is 0.164 e. The van der Waals surface area contributed by atoms with E-state index in [0.717, 1.165) is 34.4 Å². The van der Waals surface area contributed by atoms with Crippen LogP contribution in [-0.2, 0) is 31.3 Å². The molecular formula is C42H55IrN2O2-. The van der Waals surface area contributed by atoms with Crippen molar-refractivity contribution in [3.05, 3.63) is 83.4 Å². The minimum Gasteiger partial charge on any atom is -0.512 e. The fourth-order valence-electron chi connectivity index (χ4n) is 5.96. The van der Waals surface area contributed by atoms with Crippen LogP contribution in [0.2, 0.25) is 0 Å². The number of fused-ring (bicyclic) bond motifs is 3. The van der Waals surface area contributed by atoms with Gasteiger partial charge < -0.3 is 5.11 Å². The summed E-state index contributed by atoms with van der Waals surface area (Å²) < 4.78 is 0. The predicted octanol–water partition coefficient (Wildman–Crippen LogP) is 11.7. The fraction of sp³-hybridized carbons (Fsp3) is 0.500.